The Morgan fingerprint density at radius 3 is 2.70 bits per heavy atom. The van der Waals surface area contributed by atoms with Crippen molar-refractivity contribution in [2.75, 3.05) is 0 Å². The molecule has 1 aliphatic rings. The van der Waals surface area contributed by atoms with Gasteiger partial charge in [0.1, 0.15) is 5.82 Å². The molecule has 0 bridgehead atoms. The van der Waals surface area contributed by atoms with Crippen LogP contribution < -0.4 is 0 Å². The van der Waals surface area contributed by atoms with Crippen LogP contribution in [0.15, 0.2) is 60.9 Å². The summed E-state index contributed by atoms with van der Waals surface area (Å²) in [6.45, 7) is 3.37. The van der Waals surface area contributed by atoms with Gasteiger partial charge in [0.15, 0.2) is 0 Å². The van der Waals surface area contributed by atoms with E-state index in [1.807, 2.05) is 17.3 Å². The second-order valence-electron chi connectivity index (χ2n) is 7.13. The predicted octanol–water partition coefficient (Wildman–Crippen LogP) is 4.70. The van der Waals surface area contributed by atoms with Gasteiger partial charge in [-0.15, -0.1) is 0 Å². The van der Waals surface area contributed by atoms with Crippen LogP contribution in [0.3, 0.4) is 0 Å². The van der Waals surface area contributed by atoms with E-state index in [0.717, 1.165) is 25.2 Å². The monoisotopic (exact) mass is 379 g/mol. The molecule has 27 heavy (non-hydrogen) atoms. The number of hydrogen-bond donors (Lipinski definition) is 0. The Bertz CT molecular complexity index is 944. The zero-order valence-corrected chi connectivity index (χ0v) is 16.1. The average Bonchev–Trinajstić information content (AvgIpc) is 3.41. The maximum atomic E-state index is 13.0. The van der Waals surface area contributed by atoms with Crippen LogP contribution in [0.5, 0.6) is 0 Å². The lowest BCUT2D eigenvalue weighted by molar-refractivity contribution is 0.0723. The molecule has 4 nitrogen and oxygen atoms in total. The number of aryl methyl sites for hydroxylation is 1. The van der Waals surface area contributed by atoms with Crippen LogP contribution in [0.25, 0.3) is 0 Å². The van der Waals surface area contributed by atoms with E-state index in [9.17, 15) is 4.79 Å². The third-order valence-electron chi connectivity index (χ3n) is 4.89. The molecule has 138 valence electrons. The smallest absolute Gasteiger partial charge is 0.254 e. The van der Waals surface area contributed by atoms with Crippen LogP contribution in [0.4, 0.5) is 0 Å². The van der Waals surface area contributed by atoms with Crippen molar-refractivity contribution in [2.24, 2.45) is 0 Å². The Kier molecular flexibility index (Phi) is 4.99. The molecular formula is C22H22ClN3O. The van der Waals surface area contributed by atoms with Gasteiger partial charge in [-0.2, -0.15) is 0 Å². The van der Waals surface area contributed by atoms with Crippen molar-refractivity contribution >= 4 is 17.5 Å². The molecule has 1 amide bonds. The summed E-state index contributed by atoms with van der Waals surface area (Å²) in [5.74, 6) is 0.949. The highest BCUT2D eigenvalue weighted by molar-refractivity contribution is 6.30. The number of rotatable bonds is 6. The first-order chi connectivity index (χ1) is 13.1. The molecule has 0 aliphatic heterocycles. The second kappa shape index (κ2) is 7.57. The lowest BCUT2D eigenvalue weighted by atomic mass is 10.1. The molecule has 0 radical (unpaired) electrons. The van der Waals surface area contributed by atoms with E-state index in [1.54, 1.807) is 24.3 Å². The number of aromatic nitrogens is 2. The molecule has 2 aromatic carbocycles. The molecule has 0 unspecified atom stereocenters. The summed E-state index contributed by atoms with van der Waals surface area (Å²) in [5.41, 5.74) is 3.14. The molecule has 0 atom stereocenters. The molecule has 1 aliphatic carbocycles. The Labute approximate surface area is 164 Å². The highest BCUT2D eigenvalue weighted by Crippen LogP contribution is 2.30. The molecule has 0 spiro atoms. The summed E-state index contributed by atoms with van der Waals surface area (Å²) in [6, 6.07) is 15.9. The lowest BCUT2D eigenvalue weighted by Gasteiger charge is -2.23. The van der Waals surface area contributed by atoms with Crippen molar-refractivity contribution in [3.05, 3.63) is 88.5 Å². The van der Waals surface area contributed by atoms with Gasteiger partial charge in [-0.3, -0.25) is 4.79 Å². The first-order valence-corrected chi connectivity index (χ1v) is 9.60. The number of nitrogens with zero attached hydrogens (tertiary/aromatic N) is 3. The summed E-state index contributed by atoms with van der Waals surface area (Å²) in [4.78, 5) is 19.5. The first-order valence-electron chi connectivity index (χ1n) is 9.22. The lowest BCUT2D eigenvalue weighted by Crippen LogP contribution is -2.33. The Morgan fingerprint density at radius 1 is 1.22 bits per heavy atom. The Morgan fingerprint density at radius 2 is 2.00 bits per heavy atom. The van der Waals surface area contributed by atoms with Crippen LogP contribution >= 0.6 is 11.6 Å². The molecule has 3 aromatic rings. The third kappa shape index (κ3) is 4.22. The molecular weight excluding hydrogens is 358 g/mol. The van der Waals surface area contributed by atoms with Gasteiger partial charge in [-0.05, 0) is 49.6 Å². The van der Waals surface area contributed by atoms with Gasteiger partial charge in [0.2, 0.25) is 0 Å². The van der Waals surface area contributed by atoms with Gasteiger partial charge in [0.05, 0.1) is 6.54 Å². The number of hydrogen-bond acceptors (Lipinski definition) is 2. The summed E-state index contributed by atoms with van der Waals surface area (Å²) in [7, 11) is 0. The highest BCUT2D eigenvalue weighted by Gasteiger charge is 2.33. The van der Waals surface area contributed by atoms with E-state index in [0.29, 0.717) is 23.2 Å². The van der Waals surface area contributed by atoms with E-state index in [2.05, 4.69) is 40.7 Å². The number of carbonyl (C=O) groups excluding carboxylic acids is 1. The SMILES string of the molecule is Cc1cccc(Cn2ccnc2CN(C(=O)c2ccc(Cl)cc2)C2CC2)c1. The van der Waals surface area contributed by atoms with Crippen molar-refractivity contribution < 1.29 is 4.79 Å². The van der Waals surface area contributed by atoms with Crippen molar-refractivity contribution in [1.82, 2.24) is 14.5 Å². The normalized spacial score (nSPS) is 13.6. The van der Waals surface area contributed by atoms with Crippen LogP contribution in [-0.4, -0.2) is 26.4 Å². The Balaban J connectivity index is 1.54. The van der Waals surface area contributed by atoms with Gasteiger partial charge in [-0.1, -0.05) is 41.4 Å². The second-order valence-corrected chi connectivity index (χ2v) is 7.57. The number of halogens is 1. The zero-order chi connectivity index (χ0) is 18.8. The summed E-state index contributed by atoms with van der Waals surface area (Å²) in [6.07, 6.45) is 5.90. The molecule has 0 saturated heterocycles. The number of imidazole rings is 1. The van der Waals surface area contributed by atoms with Gasteiger partial charge in [0, 0.05) is 35.6 Å². The van der Waals surface area contributed by atoms with Crippen molar-refractivity contribution in [2.45, 2.75) is 38.9 Å². The van der Waals surface area contributed by atoms with E-state index in [4.69, 9.17) is 11.6 Å². The van der Waals surface area contributed by atoms with Crippen molar-refractivity contribution in [1.29, 1.82) is 0 Å². The van der Waals surface area contributed by atoms with Crippen LogP contribution in [0.2, 0.25) is 5.02 Å². The topological polar surface area (TPSA) is 38.1 Å². The molecule has 1 saturated carbocycles. The molecule has 0 N–H and O–H groups in total. The molecule has 5 heteroatoms. The average molecular weight is 380 g/mol. The summed E-state index contributed by atoms with van der Waals surface area (Å²) in [5, 5.41) is 0.637. The fraction of sp³-hybridized carbons (Fsp3) is 0.273. The number of amides is 1. The predicted molar refractivity (Wildman–Crippen MR) is 107 cm³/mol. The highest BCUT2D eigenvalue weighted by atomic mass is 35.5. The van der Waals surface area contributed by atoms with Gasteiger partial charge in [-0.25, -0.2) is 4.98 Å². The number of benzene rings is 2. The minimum atomic E-state index is 0.0410. The fourth-order valence-electron chi connectivity index (χ4n) is 3.31. The maximum absolute atomic E-state index is 13.0. The minimum Gasteiger partial charge on any atom is -0.329 e. The van der Waals surface area contributed by atoms with Gasteiger partial charge >= 0.3 is 0 Å². The molecule has 1 heterocycles. The summed E-state index contributed by atoms with van der Waals surface area (Å²) < 4.78 is 2.12. The summed E-state index contributed by atoms with van der Waals surface area (Å²) >= 11 is 5.96. The van der Waals surface area contributed by atoms with Crippen LogP contribution in [0.1, 0.15) is 40.2 Å². The van der Waals surface area contributed by atoms with Crippen molar-refractivity contribution in [3.63, 3.8) is 0 Å². The largest absolute Gasteiger partial charge is 0.329 e. The minimum absolute atomic E-state index is 0.0410. The standard InChI is InChI=1S/C22H22ClN3O/c1-16-3-2-4-17(13-16)14-25-12-11-24-21(25)15-26(20-9-10-20)22(27)18-5-7-19(23)8-6-18/h2-8,11-13,20H,9-10,14-15H2,1H3. The first kappa shape index (κ1) is 17.8. The van der Waals surface area contributed by atoms with E-state index < -0.39 is 0 Å². The molecule has 1 fully saturated rings. The maximum Gasteiger partial charge on any atom is 0.254 e. The van der Waals surface area contributed by atoms with Crippen molar-refractivity contribution in [3.8, 4) is 0 Å². The van der Waals surface area contributed by atoms with E-state index in [1.165, 1.54) is 11.1 Å². The third-order valence-corrected chi connectivity index (χ3v) is 5.14. The van der Waals surface area contributed by atoms with E-state index >= 15 is 0 Å². The molecule has 1 aromatic heterocycles. The van der Waals surface area contributed by atoms with Gasteiger partial charge in [0.25, 0.3) is 5.91 Å². The zero-order valence-electron chi connectivity index (χ0n) is 15.3. The Hall–Kier alpha value is -2.59. The molecule has 4 rings (SSSR count). The van der Waals surface area contributed by atoms with Gasteiger partial charge < -0.3 is 9.47 Å². The van der Waals surface area contributed by atoms with Crippen LogP contribution in [-0.2, 0) is 13.1 Å². The quantitative estimate of drug-likeness (QED) is 0.622. The fourth-order valence-corrected chi connectivity index (χ4v) is 3.43. The van der Waals surface area contributed by atoms with Crippen LogP contribution in [0, 0.1) is 6.92 Å². The van der Waals surface area contributed by atoms with E-state index in [-0.39, 0.29) is 5.91 Å². The number of carbonyl (C=O) groups is 1.